The molecular formula is C13H21N3. The van der Waals surface area contributed by atoms with E-state index in [1.807, 2.05) is 20.0 Å². The minimum absolute atomic E-state index is 0.830. The van der Waals surface area contributed by atoms with E-state index in [9.17, 15) is 0 Å². The van der Waals surface area contributed by atoms with E-state index in [0.717, 1.165) is 29.7 Å². The number of hydrogen-bond acceptors (Lipinski definition) is 3. The fourth-order valence-electron chi connectivity index (χ4n) is 2.40. The highest BCUT2D eigenvalue weighted by molar-refractivity contribution is 5.39. The maximum absolute atomic E-state index is 4.41. The highest BCUT2D eigenvalue weighted by Gasteiger charge is 2.13. The van der Waals surface area contributed by atoms with E-state index < -0.39 is 0 Å². The predicted molar refractivity (Wildman–Crippen MR) is 66.6 cm³/mol. The van der Waals surface area contributed by atoms with Gasteiger partial charge >= 0.3 is 0 Å². The first kappa shape index (κ1) is 11.4. The molecule has 88 valence electrons. The number of rotatable bonds is 3. The number of aromatic nitrogens is 2. The van der Waals surface area contributed by atoms with E-state index in [4.69, 9.17) is 0 Å². The van der Waals surface area contributed by atoms with Crippen LogP contribution >= 0.6 is 0 Å². The molecule has 0 aliphatic heterocycles. The summed E-state index contributed by atoms with van der Waals surface area (Å²) in [6, 6.07) is 0. The van der Waals surface area contributed by atoms with Crippen molar-refractivity contribution in [3.8, 4) is 0 Å². The zero-order valence-corrected chi connectivity index (χ0v) is 10.3. The molecule has 2 rings (SSSR count). The lowest BCUT2D eigenvalue weighted by atomic mass is 9.89. The second kappa shape index (κ2) is 5.28. The van der Waals surface area contributed by atoms with Crippen LogP contribution in [0.3, 0.4) is 0 Å². The molecule has 0 saturated heterocycles. The standard InChI is InChI=1S/C13H21N3/c1-10-8-14-13(11(2)16-10)15-9-12-6-4-3-5-7-12/h8,12H,3-7,9H2,1-2H3,(H,14,15). The van der Waals surface area contributed by atoms with Crippen molar-refractivity contribution in [2.75, 3.05) is 11.9 Å². The van der Waals surface area contributed by atoms with E-state index in [1.54, 1.807) is 0 Å². The Morgan fingerprint density at radius 2 is 2.00 bits per heavy atom. The van der Waals surface area contributed by atoms with Crippen LogP contribution in [0.2, 0.25) is 0 Å². The quantitative estimate of drug-likeness (QED) is 0.849. The summed E-state index contributed by atoms with van der Waals surface area (Å²) in [5, 5.41) is 3.44. The van der Waals surface area contributed by atoms with Gasteiger partial charge in [0.25, 0.3) is 0 Å². The van der Waals surface area contributed by atoms with Gasteiger partial charge in [-0.1, -0.05) is 19.3 Å². The fraction of sp³-hybridized carbons (Fsp3) is 0.692. The average molecular weight is 219 g/mol. The minimum Gasteiger partial charge on any atom is -0.368 e. The van der Waals surface area contributed by atoms with Crippen molar-refractivity contribution in [2.24, 2.45) is 5.92 Å². The Hall–Kier alpha value is -1.12. The van der Waals surface area contributed by atoms with Gasteiger partial charge < -0.3 is 5.32 Å². The van der Waals surface area contributed by atoms with Crippen molar-refractivity contribution in [1.82, 2.24) is 9.97 Å². The lowest BCUT2D eigenvalue weighted by Crippen LogP contribution is -2.18. The normalized spacial score (nSPS) is 17.4. The lowest BCUT2D eigenvalue weighted by molar-refractivity contribution is 0.373. The van der Waals surface area contributed by atoms with Gasteiger partial charge in [-0.05, 0) is 32.6 Å². The second-order valence-electron chi connectivity index (χ2n) is 4.83. The van der Waals surface area contributed by atoms with Crippen molar-refractivity contribution >= 4 is 5.82 Å². The molecule has 0 atom stereocenters. The van der Waals surface area contributed by atoms with E-state index in [1.165, 1.54) is 32.1 Å². The molecule has 1 N–H and O–H groups in total. The second-order valence-corrected chi connectivity index (χ2v) is 4.83. The molecule has 1 aliphatic carbocycles. The van der Waals surface area contributed by atoms with Crippen LogP contribution in [-0.2, 0) is 0 Å². The zero-order valence-electron chi connectivity index (χ0n) is 10.3. The molecule has 3 nitrogen and oxygen atoms in total. The molecule has 1 heterocycles. The summed E-state index contributed by atoms with van der Waals surface area (Å²) in [6.07, 6.45) is 8.77. The van der Waals surface area contributed by atoms with Crippen LogP contribution < -0.4 is 5.32 Å². The Bertz CT molecular complexity index is 343. The zero-order chi connectivity index (χ0) is 11.4. The third-order valence-electron chi connectivity index (χ3n) is 3.35. The van der Waals surface area contributed by atoms with Gasteiger partial charge in [0.15, 0.2) is 0 Å². The Morgan fingerprint density at radius 1 is 1.25 bits per heavy atom. The number of nitrogens with zero attached hydrogens (tertiary/aromatic N) is 2. The molecule has 0 aromatic carbocycles. The highest BCUT2D eigenvalue weighted by Crippen LogP contribution is 2.23. The van der Waals surface area contributed by atoms with Crippen LogP contribution in [0.5, 0.6) is 0 Å². The van der Waals surface area contributed by atoms with Gasteiger partial charge in [0, 0.05) is 6.54 Å². The number of anilines is 1. The smallest absolute Gasteiger partial charge is 0.147 e. The van der Waals surface area contributed by atoms with Crippen molar-refractivity contribution in [3.63, 3.8) is 0 Å². The predicted octanol–water partition coefficient (Wildman–Crippen LogP) is 3.09. The SMILES string of the molecule is Cc1cnc(NCC2CCCCC2)c(C)n1. The molecule has 3 heteroatoms. The highest BCUT2D eigenvalue weighted by atomic mass is 15.0. The fourth-order valence-corrected chi connectivity index (χ4v) is 2.40. The summed E-state index contributed by atoms with van der Waals surface area (Å²) in [5.41, 5.74) is 2.00. The molecule has 1 saturated carbocycles. The summed E-state index contributed by atoms with van der Waals surface area (Å²) >= 11 is 0. The maximum atomic E-state index is 4.41. The topological polar surface area (TPSA) is 37.8 Å². The molecule has 0 bridgehead atoms. The molecule has 1 aromatic rings. The molecule has 0 amide bonds. The summed E-state index contributed by atoms with van der Waals surface area (Å²) in [4.78, 5) is 8.80. The first-order valence-electron chi connectivity index (χ1n) is 6.30. The Labute approximate surface area is 97.7 Å². The maximum Gasteiger partial charge on any atom is 0.147 e. The summed E-state index contributed by atoms with van der Waals surface area (Å²) < 4.78 is 0. The molecule has 1 aromatic heterocycles. The summed E-state index contributed by atoms with van der Waals surface area (Å²) in [6.45, 7) is 5.05. The van der Waals surface area contributed by atoms with Crippen LogP contribution in [0.15, 0.2) is 6.20 Å². The van der Waals surface area contributed by atoms with Crippen molar-refractivity contribution in [1.29, 1.82) is 0 Å². The van der Waals surface area contributed by atoms with Crippen LogP contribution in [0.1, 0.15) is 43.5 Å². The van der Waals surface area contributed by atoms with Gasteiger partial charge in [-0.3, -0.25) is 4.98 Å². The van der Waals surface area contributed by atoms with Gasteiger partial charge in [-0.15, -0.1) is 0 Å². The van der Waals surface area contributed by atoms with E-state index in [2.05, 4.69) is 15.3 Å². The van der Waals surface area contributed by atoms with Crippen molar-refractivity contribution in [2.45, 2.75) is 46.0 Å². The molecule has 1 fully saturated rings. The molecule has 16 heavy (non-hydrogen) atoms. The van der Waals surface area contributed by atoms with Crippen LogP contribution in [0.4, 0.5) is 5.82 Å². The minimum atomic E-state index is 0.830. The Kier molecular flexibility index (Phi) is 3.75. The third kappa shape index (κ3) is 2.94. The lowest BCUT2D eigenvalue weighted by Gasteiger charge is -2.22. The molecule has 0 spiro atoms. The summed E-state index contributed by atoms with van der Waals surface area (Å²) in [5.74, 6) is 1.78. The van der Waals surface area contributed by atoms with Gasteiger partial charge in [-0.2, -0.15) is 0 Å². The largest absolute Gasteiger partial charge is 0.368 e. The average Bonchev–Trinajstić information content (AvgIpc) is 2.29. The molecule has 0 unspecified atom stereocenters. The Morgan fingerprint density at radius 3 is 2.69 bits per heavy atom. The summed E-state index contributed by atoms with van der Waals surface area (Å²) in [7, 11) is 0. The van der Waals surface area contributed by atoms with Gasteiger partial charge in [0.1, 0.15) is 5.82 Å². The first-order chi connectivity index (χ1) is 7.75. The van der Waals surface area contributed by atoms with E-state index in [-0.39, 0.29) is 0 Å². The van der Waals surface area contributed by atoms with Gasteiger partial charge in [0.2, 0.25) is 0 Å². The van der Waals surface area contributed by atoms with Crippen LogP contribution in [0, 0.1) is 19.8 Å². The van der Waals surface area contributed by atoms with Gasteiger partial charge in [-0.25, -0.2) is 4.98 Å². The van der Waals surface area contributed by atoms with E-state index >= 15 is 0 Å². The number of nitrogens with one attached hydrogen (secondary N) is 1. The van der Waals surface area contributed by atoms with Crippen LogP contribution in [0.25, 0.3) is 0 Å². The molecular weight excluding hydrogens is 198 g/mol. The van der Waals surface area contributed by atoms with Crippen molar-refractivity contribution in [3.05, 3.63) is 17.6 Å². The van der Waals surface area contributed by atoms with E-state index in [0.29, 0.717) is 0 Å². The Balaban J connectivity index is 1.88. The third-order valence-corrected chi connectivity index (χ3v) is 3.35. The van der Waals surface area contributed by atoms with Gasteiger partial charge in [0.05, 0.1) is 17.6 Å². The van der Waals surface area contributed by atoms with Crippen LogP contribution in [-0.4, -0.2) is 16.5 Å². The first-order valence-corrected chi connectivity index (χ1v) is 6.30. The van der Waals surface area contributed by atoms with Crippen molar-refractivity contribution < 1.29 is 0 Å². The monoisotopic (exact) mass is 219 g/mol. The number of hydrogen-bond donors (Lipinski definition) is 1. The molecule has 0 radical (unpaired) electrons. The number of aryl methyl sites for hydroxylation is 2. The molecule has 1 aliphatic rings.